The van der Waals surface area contributed by atoms with Gasteiger partial charge in [-0.3, -0.25) is 24.0 Å². The van der Waals surface area contributed by atoms with Crippen LogP contribution in [-0.2, 0) is 34.5 Å². The largest absolute Gasteiger partial charge is 0.465 e. The third kappa shape index (κ3) is 10.4. The summed E-state index contributed by atoms with van der Waals surface area (Å²) in [5.41, 5.74) is -0.161. The van der Waals surface area contributed by atoms with Gasteiger partial charge in [0.15, 0.2) is 23.3 Å². The summed E-state index contributed by atoms with van der Waals surface area (Å²) in [5.74, 6) is -8.44. The van der Waals surface area contributed by atoms with Gasteiger partial charge in [-0.05, 0) is 32.4 Å². The van der Waals surface area contributed by atoms with Gasteiger partial charge in [-0.15, -0.1) is 0 Å². The maximum atomic E-state index is 14.2. The second-order valence-electron chi connectivity index (χ2n) is 8.29. The number of carbonyl (C=O) groups excluding carboxylic acids is 3. The average molecular weight is 601 g/mol. The second kappa shape index (κ2) is 16.7. The minimum atomic E-state index is -3.75. The first-order valence-corrected chi connectivity index (χ1v) is 14.5. The predicted octanol–water partition coefficient (Wildman–Crippen LogP) is 5.40. The fourth-order valence-corrected chi connectivity index (χ4v) is 5.16. The molecule has 224 valence electrons. The third-order valence-corrected chi connectivity index (χ3v) is 7.30. The molecule has 10 nitrogen and oxygen atoms in total. The maximum absolute atomic E-state index is 14.2. The van der Waals surface area contributed by atoms with Crippen LogP contribution in [0.1, 0.15) is 36.7 Å². The number of carbonyl (C=O) groups is 3. The number of hydrogen-bond acceptors (Lipinski definition) is 9. The lowest BCUT2D eigenvalue weighted by atomic mass is 9.98. The molecule has 2 rings (SSSR count). The molecule has 14 heteroatoms. The van der Waals surface area contributed by atoms with Gasteiger partial charge in [0.05, 0.1) is 31.9 Å². The van der Waals surface area contributed by atoms with Gasteiger partial charge in [0.25, 0.3) is 0 Å². The third-order valence-electron chi connectivity index (χ3n) is 5.31. The zero-order valence-electron chi connectivity index (χ0n) is 22.9. The zero-order valence-corrected chi connectivity index (χ0v) is 23.8. The molecule has 0 heterocycles. The van der Waals surface area contributed by atoms with Crippen LogP contribution in [-0.4, -0.2) is 68.2 Å². The second-order valence-corrected chi connectivity index (χ2v) is 10.3. The summed E-state index contributed by atoms with van der Waals surface area (Å²) in [5, 5.41) is 0. The fourth-order valence-electron chi connectivity index (χ4n) is 3.46. The molecule has 0 aliphatic carbocycles. The molecule has 41 heavy (non-hydrogen) atoms. The minimum Gasteiger partial charge on any atom is -0.465 e. The molecule has 0 aromatic heterocycles. The number of hydrogen-bond donors (Lipinski definition) is 0. The molecule has 0 aliphatic rings. The van der Waals surface area contributed by atoms with Crippen LogP contribution in [0.2, 0.25) is 0 Å². The van der Waals surface area contributed by atoms with Crippen molar-refractivity contribution >= 4 is 31.7 Å². The molecular weight excluding hydrogens is 568 g/mol. The van der Waals surface area contributed by atoms with E-state index in [-0.39, 0.29) is 45.6 Å². The quantitative estimate of drug-likeness (QED) is 0.0628. The van der Waals surface area contributed by atoms with Gasteiger partial charge >= 0.3 is 19.7 Å². The lowest BCUT2D eigenvalue weighted by Crippen LogP contribution is -2.35. The molecule has 0 spiro atoms. The van der Waals surface area contributed by atoms with Crippen molar-refractivity contribution in [1.82, 2.24) is 4.90 Å². The van der Waals surface area contributed by atoms with Gasteiger partial charge in [-0.2, -0.15) is 0 Å². The molecule has 0 saturated carbocycles. The highest BCUT2D eigenvalue weighted by atomic mass is 31.2. The van der Waals surface area contributed by atoms with Crippen LogP contribution >= 0.6 is 7.60 Å². The molecule has 1 amide bonds. The molecule has 0 bridgehead atoms. The molecule has 0 radical (unpaired) electrons. The van der Waals surface area contributed by atoms with Gasteiger partial charge in [0.2, 0.25) is 0 Å². The number of halogens is 3. The first-order valence-electron chi connectivity index (χ1n) is 12.7. The van der Waals surface area contributed by atoms with Crippen LogP contribution in [0, 0.1) is 23.4 Å². The lowest BCUT2D eigenvalue weighted by Gasteiger charge is -2.26. The van der Waals surface area contributed by atoms with E-state index in [1.165, 1.54) is 6.92 Å². The van der Waals surface area contributed by atoms with E-state index in [1.54, 1.807) is 44.2 Å². The molecular formula is C27H32F3N2O8P. The van der Waals surface area contributed by atoms with Crippen LogP contribution in [0.15, 0.2) is 47.5 Å². The van der Waals surface area contributed by atoms with Crippen molar-refractivity contribution in [2.45, 2.75) is 27.4 Å². The molecule has 0 aliphatic heterocycles. The van der Waals surface area contributed by atoms with E-state index >= 15 is 0 Å². The summed E-state index contributed by atoms with van der Waals surface area (Å²) in [6, 6.07) is 9.35. The van der Waals surface area contributed by atoms with Crippen LogP contribution in [0.25, 0.3) is 0 Å². The fraction of sp³-hybridized carbons (Fsp3) is 0.407. The highest BCUT2D eigenvalue weighted by Gasteiger charge is 2.32. The van der Waals surface area contributed by atoms with Crippen molar-refractivity contribution in [3.63, 3.8) is 0 Å². The van der Waals surface area contributed by atoms with Gasteiger partial charge in [-0.1, -0.05) is 30.3 Å². The normalized spacial score (nSPS) is 12.2. The summed E-state index contributed by atoms with van der Waals surface area (Å²) in [4.78, 5) is 43.2. The van der Waals surface area contributed by atoms with Crippen LogP contribution in [0.4, 0.5) is 18.0 Å². The first-order chi connectivity index (χ1) is 19.5. The van der Waals surface area contributed by atoms with E-state index in [0.29, 0.717) is 11.6 Å². The minimum absolute atomic E-state index is 0.0478. The van der Waals surface area contributed by atoms with Crippen LogP contribution in [0.5, 0.6) is 0 Å². The topological polar surface area (TPSA) is 121 Å². The first kappa shape index (κ1) is 33.7. The Morgan fingerprint density at radius 2 is 1.56 bits per heavy atom. The summed E-state index contributed by atoms with van der Waals surface area (Å²) < 4.78 is 75.1. The van der Waals surface area contributed by atoms with E-state index in [4.69, 9.17) is 18.5 Å². The van der Waals surface area contributed by atoms with Crippen molar-refractivity contribution < 1.29 is 50.6 Å². The van der Waals surface area contributed by atoms with Gasteiger partial charge in [0.1, 0.15) is 18.7 Å². The number of aliphatic imine (C=N–C) groups is 1. The van der Waals surface area contributed by atoms with E-state index in [1.807, 2.05) is 0 Å². The number of nitrogens with zero attached hydrogens (tertiary/aromatic N) is 2. The van der Waals surface area contributed by atoms with Gasteiger partial charge in [-0.25, -0.2) is 18.0 Å². The number of amides is 1. The van der Waals surface area contributed by atoms with E-state index in [0.717, 1.165) is 11.1 Å². The molecule has 0 saturated heterocycles. The highest BCUT2D eigenvalue weighted by Crippen LogP contribution is 2.48. The summed E-state index contributed by atoms with van der Waals surface area (Å²) in [6.07, 6.45) is -0.470. The van der Waals surface area contributed by atoms with E-state index < -0.39 is 60.7 Å². The molecule has 0 N–H and O–H groups in total. The standard InChI is InChI=1S/C27H32F3N2O8P/c1-4-37-26(34)21(25(33)20-14-23(29)24(30)15-22(20)28)16-31-12-13-32(18-41(36,39-5-2)40-6-3)27(35)38-17-19-10-8-7-9-11-19/h7-11,14-16,21H,4-6,12-13,17-18H2,1-3H3. The van der Waals surface area contributed by atoms with Crippen molar-refractivity contribution in [3.8, 4) is 0 Å². The number of Topliss-reactive ketones (excluding diaryl/α,β-unsaturated/α-hetero) is 1. The molecule has 2 aromatic rings. The monoisotopic (exact) mass is 600 g/mol. The Hall–Kier alpha value is -3.54. The maximum Gasteiger partial charge on any atom is 0.410 e. The Bertz CT molecular complexity index is 1250. The summed E-state index contributed by atoms with van der Waals surface area (Å²) in [6.45, 7) is 4.14. The van der Waals surface area contributed by atoms with Crippen molar-refractivity contribution in [2.75, 3.05) is 39.2 Å². The molecule has 1 atom stereocenters. The van der Waals surface area contributed by atoms with E-state index in [9.17, 15) is 32.1 Å². The Kier molecular flexibility index (Phi) is 13.7. The highest BCUT2D eigenvalue weighted by molar-refractivity contribution is 7.53. The Labute approximate surface area is 236 Å². The molecule has 2 aromatic carbocycles. The molecule has 0 fully saturated rings. The van der Waals surface area contributed by atoms with Crippen LogP contribution in [0.3, 0.4) is 0 Å². The lowest BCUT2D eigenvalue weighted by molar-refractivity contribution is -0.144. The average Bonchev–Trinajstić information content (AvgIpc) is 2.93. The Morgan fingerprint density at radius 3 is 2.17 bits per heavy atom. The number of ketones is 1. The van der Waals surface area contributed by atoms with Crippen molar-refractivity contribution in [1.29, 1.82) is 0 Å². The Balaban J connectivity index is 2.23. The summed E-state index contributed by atoms with van der Waals surface area (Å²) in [7, 11) is -3.75. The zero-order chi connectivity index (χ0) is 30.4. The van der Waals surface area contributed by atoms with Gasteiger partial charge in [0, 0.05) is 18.8 Å². The summed E-state index contributed by atoms with van der Waals surface area (Å²) >= 11 is 0. The number of benzene rings is 2. The van der Waals surface area contributed by atoms with E-state index in [2.05, 4.69) is 4.99 Å². The number of esters is 1. The number of ether oxygens (including phenoxy) is 2. The van der Waals surface area contributed by atoms with Crippen molar-refractivity contribution in [2.24, 2.45) is 10.9 Å². The smallest absolute Gasteiger partial charge is 0.410 e. The van der Waals surface area contributed by atoms with Crippen molar-refractivity contribution in [3.05, 3.63) is 71.0 Å². The number of rotatable bonds is 16. The molecule has 1 unspecified atom stereocenters. The Morgan fingerprint density at radius 1 is 0.927 bits per heavy atom. The van der Waals surface area contributed by atoms with Gasteiger partial charge < -0.3 is 18.5 Å². The SMILES string of the molecule is CCOC(=O)C(C=NCCN(CP(=O)(OCC)OCC)C(=O)OCc1ccccc1)C(=O)c1cc(F)c(F)cc1F. The van der Waals surface area contributed by atoms with Crippen LogP contribution < -0.4 is 0 Å². The predicted molar refractivity (Wildman–Crippen MR) is 143 cm³/mol.